The van der Waals surface area contributed by atoms with Crippen LogP contribution in [-0.4, -0.2) is 12.4 Å². The van der Waals surface area contributed by atoms with E-state index in [1.165, 1.54) is 36.4 Å². The summed E-state index contributed by atoms with van der Waals surface area (Å²) in [6, 6.07) is 10.1. The van der Waals surface area contributed by atoms with E-state index in [1.807, 2.05) is 0 Å². The highest BCUT2D eigenvalue weighted by Crippen LogP contribution is 2.29. The van der Waals surface area contributed by atoms with Crippen LogP contribution in [0.1, 0.15) is 5.56 Å². The van der Waals surface area contributed by atoms with E-state index >= 15 is 0 Å². The Bertz CT molecular complexity index is 689. The summed E-state index contributed by atoms with van der Waals surface area (Å²) in [7, 11) is 0. The molecule has 2 rings (SSSR count). The van der Waals surface area contributed by atoms with Gasteiger partial charge in [0.25, 0.3) is 0 Å². The highest BCUT2D eigenvalue weighted by Gasteiger charge is 2.32. The number of urea groups is 1. The second-order valence-electron chi connectivity index (χ2n) is 4.44. The lowest BCUT2D eigenvalue weighted by molar-refractivity contribution is -0.274. The molecule has 0 bridgehead atoms. The van der Waals surface area contributed by atoms with Gasteiger partial charge in [-0.15, -0.1) is 13.2 Å². The monoisotopic (exact) mass is 328 g/mol. The molecule has 4 nitrogen and oxygen atoms in total. The van der Waals surface area contributed by atoms with Gasteiger partial charge in [-0.25, -0.2) is 9.18 Å². The largest absolute Gasteiger partial charge is 0.573 e. The van der Waals surface area contributed by atoms with Gasteiger partial charge in [0.2, 0.25) is 0 Å². The van der Waals surface area contributed by atoms with Gasteiger partial charge in [-0.3, -0.25) is 0 Å². The summed E-state index contributed by atoms with van der Waals surface area (Å²) in [4.78, 5) is 11.7. The summed E-state index contributed by atoms with van der Waals surface area (Å²) in [6.07, 6.45) is -4.87. The molecule has 0 fully saturated rings. The van der Waals surface area contributed by atoms with Crippen LogP contribution in [0.2, 0.25) is 0 Å². The van der Waals surface area contributed by atoms with E-state index in [-0.39, 0.29) is 17.8 Å². The van der Waals surface area contributed by atoms with Crippen molar-refractivity contribution >= 4 is 11.7 Å². The first-order valence-corrected chi connectivity index (χ1v) is 6.48. The molecular weight excluding hydrogens is 316 g/mol. The summed E-state index contributed by atoms with van der Waals surface area (Å²) in [5.41, 5.74) is 0.0957. The number of halogens is 4. The van der Waals surface area contributed by atoms with E-state index in [9.17, 15) is 22.4 Å². The fourth-order valence-corrected chi connectivity index (χ4v) is 1.77. The van der Waals surface area contributed by atoms with Gasteiger partial charge in [0.05, 0.1) is 5.69 Å². The van der Waals surface area contributed by atoms with E-state index < -0.39 is 24.0 Å². The summed E-state index contributed by atoms with van der Waals surface area (Å²) in [5, 5.41) is 4.58. The first kappa shape index (κ1) is 16.6. The average molecular weight is 328 g/mol. The minimum Gasteiger partial charge on any atom is -0.404 e. The second-order valence-corrected chi connectivity index (χ2v) is 4.44. The van der Waals surface area contributed by atoms with Crippen LogP contribution in [0.4, 0.5) is 28.0 Å². The Hall–Kier alpha value is -2.77. The quantitative estimate of drug-likeness (QED) is 0.832. The number of hydrogen-bond acceptors (Lipinski definition) is 2. The summed E-state index contributed by atoms with van der Waals surface area (Å²) < 4.78 is 54.1. The van der Waals surface area contributed by atoms with Crippen molar-refractivity contribution in [2.24, 2.45) is 0 Å². The van der Waals surface area contributed by atoms with E-state index in [2.05, 4.69) is 15.4 Å². The Labute approximate surface area is 129 Å². The highest BCUT2D eigenvalue weighted by atomic mass is 19.4. The lowest BCUT2D eigenvalue weighted by Gasteiger charge is -2.14. The number of anilines is 1. The molecule has 0 unspecified atom stereocenters. The number of carbonyl (C=O) groups excluding carboxylic acids is 1. The Morgan fingerprint density at radius 3 is 2.39 bits per heavy atom. The highest BCUT2D eigenvalue weighted by molar-refractivity contribution is 5.90. The second kappa shape index (κ2) is 6.99. The zero-order chi connectivity index (χ0) is 16.9. The third-order valence-electron chi connectivity index (χ3n) is 2.76. The van der Waals surface area contributed by atoms with Gasteiger partial charge in [-0.1, -0.05) is 30.3 Å². The molecule has 0 aromatic heterocycles. The fraction of sp³-hybridized carbons (Fsp3) is 0.133. The van der Waals surface area contributed by atoms with Crippen LogP contribution in [0.25, 0.3) is 0 Å². The Kier molecular flexibility index (Phi) is 5.05. The van der Waals surface area contributed by atoms with Gasteiger partial charge in [-0.2, -0.15) is 0 Å². The van der Waals surface area contributed by atoms with Gasteiger partial charge >= 0.3 is 12.4 Å². The predicted octanol–water partition coefficient (Wildman–Crippen LogP) is 4.05. The minimum absolute atomic E-state index is 0.110. The number of alkyl halides is 3. The molecule has 2 amide bonds. The number of amides is 2. The van der Waals surface area contributed by atoms with Crippen molar-refractivity contribution in [3.63, 3.8) is 0 Å². The van der Waals surface area contributed by atoms with Crippen molar-refractivity contribution in [1.82, 2.24) is 5.32 Å². The van der Waals surface area contributed by atoms with Crippen LogP contribution in [0.5, 0.6) is 5.75 Å². The van der Waals surface area contributed by atoms with E-state index in [4.69, 9.17) is 0 Å². The van der Waals surface area contributed by atoms with Crippen LogP contribution >= 0.6 is 0 Å². The molecule has 2 aromatic rings. The number of ether oxygens (including phenoxy) is 1. The smallest absolute Gasteiger partial charge is 0.404 e. The first-order chi connectivity index (χ1) is 10.8. The van der Waals surface area contributed by atoms with Crippen LogP contribution in [0, 0.1) is 5.82 Å². The molecule has 2 aromatic carbocycles. The molecule has 0 aliphatic rings. The standard InChI is InChI=1S/C15H12F4N2O2/c16-11-6-2-1-5-10(11)9-20-14(22)21-12-7-3-4-8-13(12)23-15(17,18)19/h1-8H,9H2,(H2,20,21,22). The number of carbonyl (C=O) groups is 1. The van der Waals surface area contributed by atoms with Gasteiger partial charge in [0, 0.05) is 12.1 Å². The van der Waals surface area contributed by atoms with Crippen LogP contribution in [-0.2, 0) is 6.54 Å². The summed E-state index contributed by atoms with van der Waals surface area (Å²) >= 11 is 0. The molecule has 0 aliphatic heterocycles. The molecule has 0 aliphatic carbocycles. The Morgan fingerprint density at radius 1 is 1.04 bits per heavy atom. The molecule has 8 heteroatoms. The van der Waals surface area contributed by atoms with Crippen LogP contribution < -0.4 is 15.4 Å². The number of rotatable bonds is 4. The topological polar surface area (TPSA) is 50.4 Å². The minimum atomic E-state index is -4.87. The lowest BCUT2D eigenvalue weighted by atomic mass is 10.2. The number of hydrogen-bond donors (Lipinski definition) is 2. The molecule has 0 spiro atoms. The Morgan fingerprint density at radius 2 is 1.70 bits per heavy atom. The van der Waals surface area contributed by atoms with Crippen molar-refractivity contribution in [3.05, 3.63) is 59.9 Å². The van der Waals surface area contributed by atoms with E-state index in [0.29, 0.717) is 0 Å². The SMILES string of the molecule is O=C(NCc1ccccc1F)Nc1ccccc1OC(F)(F)F. The van der Waals surface area contributed by atoms with E-state index in [1.54, 1.807) is 6.07 Å². The van der Waals surface area contributed by atoms with Crippen molar-refractivity contribution in [2.75, 3.05) is 5.32 Å². The zero-order valence-corrected chi connectivity index (χ0v) is 11.7. The number of para-hydroxylation sites is 2. The maximum atomic E-state index is 13.4. The van der Waals surface area contributed by atoms with Crippen molar-refractivity contribution in [3.8, 4) is 5.75 Å². The molecular formula is C15H12F4N2O2. The van der Waals surface area contributed by atoms with E-state index in [0.717, 1.165) is 6.07 Å². The number of nitrogens with one attached hydrogen (secondary N) is 2. The zero-order valence-electron chi connectivity index (χ0n) is 11.7. The van der Waals surface area contributed by atoms with Gasteiger partial charge < -0.3 is 15.4 Å². The van der Waals surface area contributed by atoms with Crippen molar-refractivity contribution < 1.29 is 27.1 Å². The van der Waals surface area contributed by atoms with Crippen LogP contribution in [0.15, 0.2) is 48.5 Å². The molecule has 0 saturated heterocycles. The average Bonchev–Trinajstić information content (AvgIpc) is 2.47. The number of benzene rings is 2. The predicted molar refractivity (Wildman–Crippen MR) is 75.4 cm³/mol. The normalized spacial score (nSPS) is 11.0. The molecule has 2 N–H and O–H groups in total. The first-order valence-electron chi connectivity index (χ1n) is 6.48. The van der Waals surface area contributed by atoms with Gasteiger partial charge in [0.15, 0.2) is 5.75 Å². The molecule has 0 heterocycles. The maximum absolute atomic E-state index is 13.4. The fourth-order valence-electron chi connectivity index (χ4n) is 1.77. The van der Waals surface area contributed by atoms with Gasteiger partial charge in [0.1, 0.15) is 5.82 Å². The van der Waals surface area contributed by atoms with Gasteiger partial charge in [-0.05, 0) is 18.2 Å². The maximum Gasteiger partial charge on any atom is 0.573 e. The van der Waals surface area contributed by atoms with Crippen LogP contribution in [0.3, 0.4) is 0 Å². The summed E-state index contributed by atoms with van der Waals surface area (Å²) in [5.74, 6) is -1.03. The summed E-state index contributed by atoms with van der Waals surface area (Å²) in [6.45, 7) is -0.110. The Balaban J connectivity index is 1.99. The van der Waals surface area contributed by atoms with Crippen molar-refractivity contribution in [2.45, 2.75) is 12.9 Å². The lowest BCUT2D eigenvalue weighted by Crippen LogP contribution is -2.29. The molecule has 0 saturated carbocycles. The molecule has 0 atom stereocenters. The third-order valence-corrected chi connectivity index (χ3v) is 2.76. The molecule has 0 radical (unpaired) electrons. The molecule has 23 heavy (non-hydrogen) atoms. The third kappa shape index (κ3) is 5.17. The van der Waals surface area contributed by atoms with Crippen molar-refractivity contribution in [1.29, 1.82) is 0 Å². The molecule has 122 valence electrons.